The summed E-state index contributed by atoms with van der Waals surface area (Å²) < 4.78 is 10.8. The second-order valence-corrected chi connectivity index (χ2v) is 4.57. The number of aliphatic hydroxyl groups excluding tert-OH is 3. The van der Waals surface area contributed by atoms with Crippen LogP contribution in [0.4, 0.5) is 0 Å². The van der Waals surface area contributed by atoms with Gasteiger partial charge in [-0.25, -0.2) is 14.2 Å². The molecule has 11 heteroatoms. The second kappa shape index (κ2) is 5.98. The van der Waals surface area contributed by atoms with Crippen molar-refractivity contribution >= 4 is 5.97 Å². The van der Waals surface area contributed by atoms with Gasteiger partial charge in [0.2, 0.25) is 0 Å². The number of hydrogen-bond donors (Lipinski definition) is 5. The number of carboxylic acid groups (broad SMARTS) is 1. The van der Waals surface area contributed by atoms with Gasteiger partial charge < -0.3 is 29.9 Å². The quantitative estimate of drug-likeness (QED) is 0.367. The zero-order valence-corrected chi connectivity index (χ0v) is 11.1. The van der Waals surface area contributed by atoms with Crippen LogP contribution in [0.15, 0.2) is 21.9 Å². The van der Waals surface area contributed by atoms with Crippen molar-refractivity contribution in [2.45, 2.75) is 24.2 Å². The molecule has 122 valence electrons. The van der Waals surface area contributed by atoms with Crippen molar-refractivity contribution in [1.82, 2.24) is 9.55 Å². The van der Waals surface area contributed by atoms with Gasteiger partial charge in [0, 0.05) is 12.3 Å². The van der Waals surface area contributed by atoms with Crippen molar-refractivity contribution < 1.29 is 34.7 Å². The molecule has 0 bridgehead atoms. The van der Waals surface area contributed by atoms with Crippen LogP contribution in [-0.4, -0.2) is 67.5 Å². The van der Waals surface area contributed by atoms with Gasteiger partial charge in [-0.1, -0.05) is 0 Å². The van der Waals surface area contributed by atoms with E-state index in [-0.39, 0.29) is 0 Å². The molecule has 4 atom stereocenters. The highest BCUT2D eigenvalue weighted by Crippen LogP contribution is 2.35. The molecule has 1 aliphatic heterocycles. The van der Waals surface area contributed by atoms with E-state index in [9.17, 15) is 24.6 Å². The first kappa shape index (κ1) is 16.3. The maximum atomic E-state index is 11.9. The summed E-state index contributed by atoms with van der Waals surface area (Å²) in [6, 6.07) is 0.919. The van der Waals surface area contributed by atoms with E-state index in [1.54, 1.807) is 0 Å². The van der Waals surface area contributed by atoms with E-state index in [2.05, 4.69) is 0 Å². The summed E-state index contributed by atoms with van der Waals surface area (Å²) in [6.45, 7) is -1.68. The molecule has 11 nitrogen and oxygen atoms in total. The lowest BCUT2D eigenvalue weighted by Gasteiger charge is -2.32. The number of H-pyrrole nitrogens is 1. The molecule has 0 saturated carbocycles. The average Bonchev–Trinajstić information content (AvgIpc) is 2.70. The Morgan fingerprint density at radius 1 is 1.45 bits per heavy atom. The van der Waals surface area contributed by atoms with E-state index in [0.29, 0.717) is 4.57 Å². The molecule has 1 aliphatic rings. The predicted octanol–water partition coefficient (Wildman–Crippen LogP) is -3.64. The number of carbonyl (C=O) groups is 1. The van der Waals surface area contributed by atoms with Gasteiger partial charge in [-0.2, -0.15) is 0 Å². The fourth-order valence-corrected chi connectivity index (χ4v) is 2.14. The normalized spacial score (nSPS) is 31.3. The summed E-state index contributed by atoms with van der Waals surface area (Å²) >= 11 is 0. The Hall–Kier alpha value is -2.05. The van der Waals surface area contributed by atoms with Gasteiger partial charge in [-0.05, 0) is 0 Å². The Kier molecular flexibility index (Phi) is 4.44. The minimum atomic E-state index is -2.40. The van der Waals surface area contributed by atoms with Gasteiger partial charge in [-0.3, -0.25) is 9.78 Å². The van der Waals surface area contributed by atoms with E-state index >= 15 is 0 Å². The Morgan fingerprint density at radius 2 is 2.14 bits per heavy atom. The zero-order chi connectivity index (χ0) is 16.5. The number of aromatic amines is 1. The fraction of sp³-hybridized carbons (Fsp3) is 0.545. The highest BCUT2D eigenvalue weighted by Gasteiger charge is 2.57. The third-order valence-corrected chi connectivity index (χ3v) is 3.14. The minimum Gasteiger partial charge on any atom is -0.480 e. The maximum Gasteiger partial charge on any atom is 0.332 e. The van der Waals surface area contributed by atoms with Crippen LogP contribution in [0.25, 0.3) is 0 Å². The van der Waals surface area contributed by atoms with Crippen LogP contribution in [0.2, 0.25) is 0 Å². The number of hydrogen-bond acceptors (Lipinski definition) is 8. The molecular weight excluding hydrogens is 304 g/mol. The summed E-state index contributed by atoms with van der Waals surface area (Å²) in [5, 5.41) is 37.7. The molecule has 22 heavy (non-hydrogen) atoms. The molecule has 0 aliphatic carbocycles. The van der Waals surface area contributed by atoms with Gasteiger partial charge in [0.15, 0.2) is 6.10 Å². The number of carboxylic acids is 1. The predicted molar refractivity (Wildman–Crippen MR) is 66.9 cm³/mol. The molecule has 1 fully saturated rings. The molecule has 0 amide bonds. The van der Waals surface area contributed by atoms with Crippen molar-refractivity contribution in [1.29, 1.82) is 0 Å². The molecule has 1 aromatic rings. The van der Waals surface area contributed by atoms with E-state index in [1.165, 1.54) is 0 Å². The lowest BCUT2D eigenvalue weighted by molar-refractivity contribution is -0.316. The fourth-order valence-electron chi connectivity index (χ4n) is 2.14. The topological polar surface area (TPSA) is 171 Å². The highest BCUT2D eigenvalue weighted by atomic mass is 16.8. The largest absolute Gasteiger partial charge is 0.480 e. The number of nitrogens with one attached hydrogen (secondary N) is 1. The third kappa shape index (κ3) is 2.67. The number of rotatable bonds is 5. The van der Waals surface area contributed by atoms with Crippen LogP contribution in [0.3, 0.4) is 0 Å². The molecule has 1 saturated heterocycles. The summed E-state index contributed by atoms with van der Waals surface area (Å²) in [5.74, 6) is -3.82. The Labute approximate surface area is 122 Å². The highest BCUT2D eigenvalue weighted by molar-refractivity contribution is 5.68. The summed E-state index contributed by atoms with van der Waals surface area (Å²) in [6.07, 6.45) is -3.92. The molecule has 0 unspecified atom stereocenters. The smallest absolute Gasteiger partial charge is 0.332 e. The van der Waals surface area contributed by atoms with Gasteiger partial charge >= 0.3 is 11.7 Å². The molecule has 0 radical (unpaired) electrons. The molecule has 5 N–H and O–H groups in total. The standard InChI is InChI=1S/C11H14N2O9/c14-3-5-8(18)9(19)11(22-5,21-4-7(16)17)13-2-1-6(15)12-10(13)20/h1-2,5,8-9,14,18-19H,3-4H2,(H,16,17)(H,12,15,20)/t5-,8-,9-,11-/m1/s1. The van der Waals surface area contributed by atoms with Crippen molar-refractivity contribution in [3.8, 4) is 0 Å². The first-order valence-electron chi connectivity index (χ1n) is 6.15. The summed E-state index contributed by atoms with van der Waals surface area (Å²) in [4.78, 5) is 35.5. The van der Waals surface area contributed by atoms with Crippen molar-refractivity contribution in [2.24, 2.45) is 0 Å². The van der Waals surface area contributed by atoms with Crippen LogP contribution in [0.1, 0.15) is 0 Å². The van der Waals surface area contributed by atoms with Crippen LogP contribution in [-0.2, 0) is 20.2 Å². The Bertz CT molecular complexity index is 668. The second-order valence-electron chi connectivity index (χ2n) is 4.57. The Morgan fingerprint density at radius 3 is 2.64 bits per heavy atom. The first-order valence-corrected chi connectivity index (χ1v) is 6.15. The first-order chi connectivity index (χ1) is 10.3. The van der Waals surface area contributed by atoms with Gasteiger partial charge in [-0.15, -0.1) is 0 Å². The van der Waals surface area contributed by atoms with Gasteiger partial charge in [0.05, 0.1) is 6.61 Å². The number of aliphatic hydroxyl groups is 3. The average molecular weight is 318 g/mol. The molecule has 2 heterocycles. The number of ether oxygens (including phenoxy) is 2. The number of aromatic nitrogens is 2. The maximum absolute atomic E-state index is 11.9. The van der Waals surface area contributed by atoms with E-state index in [1.807, 2.05) is 4.98 Å². The van der Waals surface area contributed by atoms with Gasteiger partial charge in [0.1, 0.15) is 18.8 Å². The van der Waals surface area contributed by atoms with Crippen LogP contribution < -0.4 is 11.2 Å². The van der Waals surface area contributed by atoms with Crippen LogP contribution in [0.5, 0.6) is 0 Å². The van der Waals surface area contributed by atoms with Crippen LogP contribution in [0, 0.1) is 0 Å². The lowest BCUT2D eigenvalue weighted by Crippen LogP contribution is -2.53. The molecule has 0 spiro atoms. The summed E-state index contributed by atoms with van der Waals surface area (Å²) in [7, 11) is 0. The van der Waals surface area contributed by atoms with Crippen molar-refractivity contribution in [2.75, 3.05) is 13.2 Å². The molecule has 2 rings (SSSR count). The van der Waals surface area contributed by atoms with Crippen LogP contribution >= 0.6 is 0 Å². The van der Waals surface area contributed by atoms with Crippen molar-refractivity contribution in [3.63, 3.8) is 0 Å². The molecular formula is C11H14N2O9. The van der Waals surface area contributed by atoms with Crippen molar-refractivity contribution in [3.05, 3.63) is 33.1 Å². The summed E-state index contributed by atoms with van der Waals surface area (Å²) in [5.41, 5.74) is -1.79. The Balaban J connectivity index is 2.53. The van der Waals surface area contributed by atoms with E-state index in [4.69, 9.17) is 19.7 Å². The lowest BCUT2D eigenvalue weighted by atomic mass is 10.1. The zero-order valence-electron chi connectivity index (χ0n) is 11.1. The SMILES string of the molecule is O=C(O)CO[C@@]1(n2ccc(=O)[nH]c2=O)O[C@H](CO)[C@@H](O)[C@H]1O. The molecule has 1 aromatic heterocycles. The number of nitrogens with zero attached hydrogens (tertiary/aromatic N) is 1. The van der Waals surface area contributed by atoms with Gasteiger partial charge in [0.25, 0.3) is 11.5 Å². The monoisotopic (exact) mass is 318 g/mol. The molecule has 0 aromatic carbocycles. The van der Waals surface area contributed by atoms with E-state index < -0.39 is 54.7 Å². The van der Waals surface area contributed by atoms with E-state index in [0.717, 1.165) is 12.3 Å². The number of aliphatic carboxylic acids is 1. The third-order valence-electron chi connectivity index (χ3n) is 3.14. The minimum absolute atomic E-state index is 0.598.